The first-order valence-corrected chi connectivity index (χ1v) is 10.5. The van der Waals surface area contributed by atoms with Crippen molar-refractivity contribution in [3.63, 3.8) is 0 Å². The fraction of sp³-hybridized carbons (Fsp3) is 0.435. The van der Waals surface area contributed by atoms with E-state index in [1.807, 2.05) is 18.2 Å². The van der Waals surface area contributed by atoms with Crippen LogP contribution in [0.5, 0.6) is 11.5 Å². The molecular weight excluding hydrogens is 364 g/mol. The number of piperidine rings is 1. The molecule has 0 radical (unpaired) electrons. The average Bonchev–Trinajstić information content (AvgIpc) is 3.00. The van der Waals surface area contributed by atoms with Crippen molar-refractivity contribution in [3.05, 3.63) is 59.7 Å². The highest BCUT2D eigenvalue weighted by Crippen LogP contribution is 2.33. The second-order valence-electron chi connectivity index (χ2n) is 7.68. The van der Waals surface area contributed by atoms with E-state index in [4.69, 9.17) is 15.2 Å². The first kappa shape index (κ1) is 19.6. The number of fused-ring (bicyclic) bond motifs is 1. The summed E-state index contributed by atoms with van der Waals surface area (Å²) in [4.78, 5) is 7.05. The molecule has 3 N–H and O–H groups in total. The van der Waals surface area contributed by atoms with Gasteiger partial charge in [0.2, 0.25) is 0 Å². The minimum atomic E-state index is 0.373. The summed E-state index contributed by atoms with van der Waals surface area (Å²) in [5.74, 6) is 2.10. The molecule has 0 aromatic heterocycles. The molecule has 0 amide bonds. The van der Waals surface area contributed by atoms with Crippen molar-refractivity contribution in [3.8, 4) is 11.5 Å². The van der Waals surface area contributed by atoms with E-state index in [-0.39, 0.29) is 0 Å². The van der Waals surface area contributed by atoms with Gasteiger partial charge in [0.15, 0.2) is 17.5 Å². The smallest absolute Gasteiger partial charge is 0.189 e. The van der Waals surface area contributed by atoms with Gasteiger partial charge in [-0.2, -0.15) is 0 Å². The highest BCUT2D eigenvalue weighted by molar-refractivity contribution is 5.78. The van der Waals surface area contributed by atoms with Crippen LogP contribution in [0.4, 0.5) is 0 Å². The minimum absolute atomic E-state index is 0.373. The molecule has 2 aliphatic heterocycles. The van der Waals surface area contributed by atoms with Crippen LogP contribution in [0.1, 0.15) is 30.4 Å². The van der Waals surface area contributed by atoms with Crippen LogP contribution in [0, 0.1) is 0 Å². The van der Waals surface area contributed by atoms with Gasteiger partial charge in [-0.05, 0) is 24.5 Å². The molecule has 6 nitrogen and oxygen atoms in total. The van der Waals surface area contributed by atoms with Gasteiger partial charge in [-0.1, -0.05) is 42.5 Å². The second kappa shape index (κ2) is 9.65. The Balaban J connectivity index is 1.27. The molecule has 0 spiro atoms. The van der Waals surface area contributed by atoms with E-state index in [0.717, 1.165) is 56.0 Å². The Labute approximate surface area is 172 Å². The van der Waals surface area contributed by atoms with Crippen molar-refractivity contribution in [2.75, 3.05) is 26.3 Å². The van der Waals surface area contributed by atoms with Crippen LogP contribution >= 0.6 is 0 Å². The van der Waals surface area contributed by atoms with Gasteiger partial charge in [0, 0.05) is 37.7 Å². The number of rotatable bonds is 5. The van der Waals surface area contributed by atoms with Crippen molar-refractivity contribution in [1.29, 1.82) is 0 Å². The van der Waals surface area contributed by atoms with Crippen molar-refractivity contribution in [2.45, 2.75) is 38.4 Å². The molecule has 1 fully saturated rings. The van der Waals surface area contributed by atoms with Crippen LogP contribution in [0.15, 0.2) is 53.5 Å². The van der Waals surface area contributed by atoms with Gasteiger partial charge >= 0.3 is 0 Å². The molecule has 4 rings (SSSR count). The van der Waals surface area contributed by atoms with E-state index in [2.05, 4.69) is 45.5 Å². The molecule has 29 heavy (non-hydrogen) atoms. The van der Waals surface area contributed by atoms with Gasteiger partial charge in [-0.15, -0.1) is 0 Å². The molecule has 0 bridgehead atoms. The molecule has 0 unspecified atom stereocenters. The Morgan fingerprint density at radius 1 is 1.03 bits per heavy atom. The van der Waals surface area contributed by atoms with E-state index >= 15 is 0 Å². The number of nitrogens with one attached hydrogen (secondary N) is 1. The maximum atomic E-state index is 6.17. The first-order valence-electron chi connectivity index (χ1n) is 10.5. The third kappa shape index (κ3) is 5.41. The Bertz CT molecular complexity index is 817. The van der Waals surface area contributed by atoms with Crippen molar-refractivity contribution >= 4 is 5.96 Å². The predicted molar refractivity (Wildman–Crippen MR) is 115 cm³/mol. The van der Waals surface area contributed by atoms with Crippen LogP contribution in [-0.2, 0) is 13.1 Å². The minimum Gasteiger partial charge on any atom is -0.490 e. The lowest BCUT2D eigenvalue weighted by atomic mass is 10.0. The number of para-hydroxylation sites is 1. The summed E-state index contributed by atoms with van der Waals surface area (Å²) in [7, 11) is 0. The molecule has 0 aliphatic carbocycles. The summed E-state index contributed by atoms with van der Waals surface area (Å²) in [5.41, 5.74) is 8.55. The van der Waals surface area contributed by atoms with Crippen molar-refractivity contribution in [1.82, 2.24) is 10.2 Å². The number of hydrogen-bond donors (Lipinski definition) is 2. The number of nitrogens with two attached hydrogens (primary N) is 1. The maximum Gasteiger partial charge on any atom is 0.189 e. The number of guanidine groups is 1. The fourth-order valence-corrected chi connectivity index (χ4v) is 3.88. The molecule has 6 heteroatoms. The van der Waals surface area contributed by atoms with Gasteiger partial charge in [-0.3, -0.25) is 4.90 Å². The van der Waals surface area contributed by atoms with Crippen LogP contribution in [-0.4, -0.2) is 43.2 Å². The summed E-state index contributed by atoms with van der Waals surface area (Å²) >= 11 is 0. The second-order valence-corrected chi connectivity index (χ2v) is 7.68. The largest absolute Gasteiger partial charge is 0.490 e. The number of likely N-dealkylation sites (tertiary alicyclic amines) is 1. The van der Waals surface area contributed by atoms with Gasteiger partial charge in [-0.25, -0.2) is 4.99 Å². The summed E-state index contributed by atoms with van der Waals surface area (Å²) in [6.45, 7) is 4.99. The third-order valence-corrected chi connectivity index (χ3v) is 5.46. The molecular formula is C23H30N4O2. The topological polar surface area (TPSA) is 72.1 Å². The summed E-state index contributed by atoms with van der Waals surface area (Å²) < 4.78 is 11.6. The molecule has 2 aromatic carbocycles. The molecule has 1 saturated heterocycles. The van der Waals surface area contributed by atoms with E-state index in [0.29, 0.717) is 31.8 Å². The van der Waals surface area contributed by atoms with Gasteiger partial charge in [0.1, 0.15) is 0 Å². The predicted octanol–water partition coefficient (Wildman–Crippen LogP) is 2.92. The highest BCUT2D eigenvalue weighted by Gasteiger charge is 2.20. The summed E-state index contributed by atoms with van der Waals surface area (Å²) in [5, 5.41) is 3.39. The van der Waals surface area contributed by atoms with Crippen LogP contribution in [0.3, 0.4) is 0 Å². The van der Waals surface area contributed by atoms with E-state index in [1.54, 1.807) is 0 Å². The lowest BCUT2D eigenvalue weighted by molar-refractivity contribution is 0.199. The monoisotopic (exact) mass is 394 g/mol. The number of benzene rings is 2. The van der Waals surface area contributed by atoms with E-state index in [1.165, 1.54) is 5.56 Å². The van der Waals surface area contributed by atoms with Crippen molar-refractivity contribution in [2.24, 2.45) is 10.7 Å². The Morgan fingerprint density at radius 3 is 2.66 bits per heavy atom. The average molecular weight is 395 g/mol. The Kier molecular flexibility index (Phi) is 6.52. The van der Waals surface area contributed by atoms with Crippen LogP contribution < -0.4 is 20.5 Å². The molecule has 0 saturated carbocycles. The molecule has 0 atom stereocenters. The highest BCUT2D eigenvalue weighted by atomic mass is 16.5. The Hall–Kier alpha value is -2.73. The summed E-state index contributed by atoms with van der Waals surface area (Å²) in [6.07, 6.45) is 3.03. The number of aliphatic imine (C=N–C) groups is 1. The van der Waals surface area contributed by atoms with Crippen LogP contribution in [0.25, 0.3) is 0 Å². The Morgan fingerprint density at radius 2 is 1.83 bits per heavy atom. The number of hydrogen-bond acceptors (Lipinski definition) is 4. The fourth-order valence-electron chi connectivity index (χ4n) is 3.88. The third-order valence-electron chi connectivity index (χ3n) is 5.46. The van der Waals surface area contributed by atoms with Crippen LogP contribution in [0.2, 0.25) is 0 Å². The quantitative estimate of drug-likeness (QED) is 0.603. The molecule has 2 aromatic rings. The first-order chi connectivity index (χ1) is 14.3. The lowest BCUT2D eigenvalue weighted by Crippen LogP contribution is -2.46. The zero-order chi connectivity index (χ0) is 19.9. The number of ether oxygens (including phenoxy) is 2. The molecule has 2 heterocycles. The van der Waals surface area contributed by atoms with E-state index < -0.39 is 0 Å². The van der Waals surface area contributed by atoms with Gasteiger partial charge in [0.25, 0.3) is 0 Å². The van der Waals surface area contributed by atoms with E-state index in [9.17, 15) is 0 Å². The zero-order valence-corrected chi connectivity index (χ0v) is 16.8. The van der Waals surface area contributed by atoms with Gasteiger partial charge in [0.05, 0.1) is 19.8 Å². The molecule has 154 valence electrons. The zero-order valence-electron chi connectivity index (χ0n) is 16.8. The SMILES string of the molecule is NC(=NCc1cccc2c1OCCCO2)NC1CCN(Cc2ccccc2)CC1. The lowest BCUT2D eigenvalue weighted by Gasteiger charge is -2.32. The van der Waals surface area contributed by atoms with Gasteiger partial charge < -0.3 is 20.5 Å². The summed E-state index contributed by atoms with van der Waals surface area (Å²) in [6, 6.07) is 17.0. The normalized spacial score (nSPS) is 18.3. The standard InChI is InChI=1S/C23H30N4O2/c24-23(25-16-19-8-4-9-21-22(19)29-15-5-14-28-21)26-20-10-12-27(13-11-20)17-18-6-2-1-3-7-18/h1-4,6-9,20H,5,10-17H2,(H3,24,25,26). The van der Waals surface area contributed by atoms with Crippen molar-refractivity contribution < 1.29 is 9.47 Å². The molecule has 2 aliphatic rings. The maximum absolute atomic E-state index is 6.17. The number of nitrogens with zero attached hydrogens (tertiary/aromatic N) is 2.